The fraction of sp³-hybridized carbons (Fsp3) is 0.235. The SMILES string of the molecule is O=C(Nc1ccc(Nc2ccc(F)cc2F)cc1)C1CCC1. The Morgan fingerprint density at radius 2 is 1.68 bits per heavy atom. The molecule has 22 heavy (non-hydrogen) atoms. The van der Waals surface area contributed by atoms with Crippen molar-refractivity contribution in [1.82, 2.24) is 0 Å². The highest BCUT2D eigenvalue weighted by atomic mass is 19.1. The molecule has 0 saturated heterocycles. The predicted molar refractivity (Wildman–Crippen MR) is 82.1 cm³/mol. The van der Waals surface area contributed by atoms with Gasteiger partial charge in [0.25, 0.3) is 0 Å². The van der Waals surface area contributed by atoms with Crippen molar-refractivity contribution in [2.75, 3.05) is 10.6 Å². The maximum absolute atomic E-state index is 13.6. The first-order valence-corrected chi connectivity index (χ1v) is 7.25. The molecular weight excluding hydrogens is 286 g/mol. The Bertz CT molecular complexity index is 682. The average Bonchev–Trinajstić information content (AvgIpc) is 2.42. The molecule has 114 valence electrons. The highest BCUT2D eigenvalue weighted by molar-refractivity contribution is 5.93. The van der Waals surface area contributed by atoms with Crippen LogP contribution in [0, 0.1) is 17.6 Å². The maximum atomic E-state index is 13.6. The lowest BCUT2D eigenvalue weighted by molar-refractivity contribution is -0.122. The lowest BCUT2D eigenvalue weighted by Gasteiger charge is -2.24. The Hall–Kier alpha value is -2.43. The summed E-state index contributed by atoms with van der Waals surface area (Å²) in [4.78, 5) is 11.8. The third-order valence-corrected chi connectivity index (χ3v) is 3.84. The van der Waals surface area contributed by atoms with Gasteiger partial charge in [-0.05, 0) is 49.2 Å². The van der Waals surface area contributed by atoms with Crippen LogP contribution in [0.2, 0.25) is 0 Å². The standard InChI is InChI=1S/C17H16F2N2O/c18-12-4-9-16(15(19)10-12)20-13-5-7-14(8-6-13)21-17(22)11-2-1-3-11/h4-11,20H,1-3H2,(H,21,22). The molecule has 1 aliphatic carbocycles. The van der Waals surface area contributed by atoms with Gasteiger partial charge in [0.15, 0.2) is 0 Å². The number of amides is 1. The molecule has 3 nitrogen and oxygen atoms in total. The van der Waals surface area contributed by atoms with Crippen LogP contribution < -0.4 is 10.6 Å². The van der Waals surface area contributed by atoms with Crippen molar-refractivity contribution in [2.24, 2.45) is 5.92 Å². The topological polar surface area (TPSA) is 41.1 Å². The molecule has 0 unspecified atom stereocenters. The molecule has 5 heteroatoms. The number of anilines is 3. The fourth-order valence-corrected chi connectivity index (χ4v) is 2.30. The Kier molecular flexibility index (Phi) is 4.04. The van der Waals surface area contributed by atoms with Gasteiger partial charge in [0, 0.05) is 23.4 Å². The van der Waals surface area contributed by atoms with Gasteiger partial charge in [0.1, 0.15) is 11.6 Å². The first-order valence-electron chi connectivity index (χ1n) is 7.25. The van der Waals surface area contributed by atoms with Crippen molar-refractivity contribution in [3.8, 4) is 0 Å². The number of benzene rings is 2. The van der Waals surface area contributed by atoms with Gasteiger partial charge in [0.2, 0.25) is 5.91 Å². The van der Waals surface area contributed by atoms with E-state index in [4.69, 9.17) is 0 Å². The summed E-state index contributed by atoms with van der Waals surface area (Å²) < 4.78 is 26.4. The molecule has 0 aliphatic heterocycles. The quantitative estimate of drug-likeness (QED) is 0.876. The Balaban J connectivity index is 1.64. The summed E-state index contributed by atoms with van der Waals surface area (Å²) in [6, 6.07) is 10.3. The Morgan fingerprint density at radius 1 is 1.00 bits per heavy atom. The average molecular weight is 302 g/mol. The second kappa shape index (κ2) is 6.13. The van der Waals surface area contributed by atoms with Gasteiger partial charge in [-0.3, -0.25) is 4.79 Å². The van der Waals surface area contributed by atoms with Gasteiger partial charge in [0.05, 0.1) is 5.69 Å². The number of carbonyl (C=O) groups excluding carboxylic acids is 1. The molecule has 0 heterocycles. The molecule has 2 aromatic carbocycles. The molecule has 0 radical (unpaired) electrons. The smallest absolute Gasteiger partial charge is 0.227 e. The minimum absolute atomic E-state index is 0.0524. The van der Waals surface area contributed by atoms with Gasteiger partial charge >= 0.3 is 0 Å². The first-order chi connectivity index (χ1) is 10.6. The Labute approximate surface area is 127 Å². The third kappa shape index (κ3) is 3.24. The highest BCUT2D eigenvalue weighted by Crippen LogP contribution is 2.28. The molecule has 0 spiro atoms. The van der Waals surface area contributed by atoms with E-state index < -0.39 is 11.6 Å². The van der Waals surface area contributed by atoms with Crippen molar-refractivity contribution in [3.05, 3.63) is 54.1 Å². The number of carbonyl (C=O) groups is 1. The summed E-state index contributed by atoms with van der Waals surface area (Å²) in [5, 5.41) is 5.73. The van der Waals surface area contributed by atoms with Crippen LogP contribution in [0.1, 0.15) is 19.3 Å². The van der Waals surface area contributed by atoms with Crippen molar-refractivity contribution in [3.63, 3.8) is 0 Å². The van der Waals surface area contributed by atoms with Crippen LogP contribution in [0.15, 0.2) is 42.5 Å². The molecule has 1 fully saturated rings. The van der Waals surface area contributed by atoms with Crippen molar-refractivity contribution in [1.29, 1.82) is 0 Å². The molecule has 0 aromatic heterocycles. The van der Waals surface area contributed by atoms with E-state index in [-0.39, 0.29) is 17.5 Å². The van der Waals surface area contributed by atoms with E-state index in [1.807, 2.05) is 0 Å². The summed E-state index contributed by atoms with van der Waals surface area (Å²) in [6.07, 6.45) is 3.02. The van der Waals surface area contributed by atoms with E-state index in [9.17, 15) is 13.6 Å². The lowest BCUT2D eigenvalue weighted by atomic mass is 9.85. The minimum Gasteiger partial charge on any atom is -0.353 e. The highest BCUT2D eigenvalue weighted by Gasteiger charge is 2.24. The molecule has 1 amide bonds. The predicted octanol–water partition coefficient (Wildman–Crippen LogP) is 4.45. The zero-order chi connectivity index (χ0) is 15.5. The monoisotopic (exact) mass is 302 g/mol. The van der Waals surface area contributed by atoms with Crippen LogP contribution in [0.4, 0.5) is 25.8 Å². The summed E-state index contributed by atoms with van der Waals surface area (Å²) in [5.41, 5.74) is 1.57. The zero-order valence-electron chi connectivity index (χ0n) is 11.9. The summed E-state index contributed by atoms with van der Waals surface area (Å²) in [7, 11) is 0. The minimum atomic E-state index is -0.651. The van der Waals surface area contributed by atoms with Crippen LogP contribution in [0.3, 0.4) is 0 Å². The van der Waals surface area contributed by atoms with E-state index in [0.717, 1.165) is 25.3 Å². The normalized spacial score (nSPS) is 14.3. The van der Waals surface area contributed by atoms with Gasteiger partial charge in [-0.25, -0.2) is 8.78 Å². The molecule has 1 saturated carbocycles. The van der Waals surface area contributed by atoms with E-state index in [1.54, 1.807) is 24.3 Å². The molecule has 1 aliphatic rings. The largest absolute Gasteiger partial charge is 0.353 e. The molecule has 3 rings (SSSR count). The first kappa shape index (κ1) is 14.5. The summed E-state index contributed by atoms with van der Waals surface area (Å²) >= 11 is 0. The van der Waals surface area contributed by atoms with Gasteiger partial charge in [-0.1, -0.05) is 6.42 Å². The van der Waals surface area contributed by atoms with Crippen molar-refractivity contribution in [2.45, 2.75) is 19.3 Å². The molecule has 0 bridgehead atoms. The van der Waals surface area contributed by atoms with Crippen LogP contribution >= 0.6 is 0 Å². The maximum Gasteiger partial charge on any atom is 0.227 e. The van der Waals surface area contributed by atoms with E-state index in [0.29, 0.717) is 11.4 Å². The summed E-state index contributed by atoms with van der Waals surface area (Å²) in [5.74, 6) is -1.08. The van der Waals surface area contributed by atoms with Crippen molar-refractivity contribution < 1.29 is 13.6 Å². The second-order valence-electron chi connectivity index (χ2n) is 5.44. The number of nitrogens with one attached hydrogen (secondary N) is 2. The van der Waals surface area contributed by atoms with Crippen LogP contribution in [0.25, 0.3) is 0 Å². The van der Waals surface area contributed by atoms with E-state index >= 15 is 0 Å². The number of rotatable bonds is 4. The third-order valence-electron chi connectivity index (χ3n) is 3.84. The van der Waals surface area contributed by atoms with Crippen LogP contribution in [-0.2, 0) is 4.79 Å². The fourth-order valence-electron chi connectivity index (χ4n) is 2.30. The molecule has 2 N–H and O–H groups in total. The van der Waals surface area contributed by atoms with Crippen molar-refractivity contribution >= 4 is 23.0 Å². The molecule has 0 atom stereocenters. The van der Waals surface area contributed by atoms with Gasteiger partial charge < -0.3 is 10.6 Å². The summed E-state index contributed by atoms with van der Waals surface area (Å²) in [6.45, 7) is 0. The van der Waals surface area contributed by atoms with E-state index in [2.05, 4.69) is 10.6 Å². The van der Waals surface area contributed by atoms with E-state index in [1.165, 1.54) is 12.1 Å². The number of hydrogen-bond donors (Lipinski definition) is 2. The van der Waals surface area contributed by atoms with Gasteiger partial charge in [-0.15, -0.1) is 0 Å². The lowest BCUT2D eigenvalue weighted by Crippen LogP contribution is -2.27. The second-order valence-corrected chi connectivity index (χ2v) is 5.44. The van der Waals surface area contributed by atoms with Gasteiger partial charge in [-0.2, -0.15) is 0 Å². The molecular formula is C17H16F2N2O. The van der Waals surface area contributed by atoms with Crippen LogP contribution in [-0.4, -0.2) is 5.91 Å². The zero-order valence-corrected chi connectivity index (χ0v) is 11.9. The van der Waals surface area contributed by atoms with Crippen LogP contribution in [0.5, 0.6) is 0 Å². The number of halogens is 2. The number of hydrogen-bond acceptors (Lipinski definition) is 2. The Morgan fingerprint density at radius 3 is 2.27 bits per heavy atom. The molecule has 2 aromatic rings.